The predicted octanol–water partition coefficient (Wildman–Crippen LogP) is 3.65. The Hall–Kier alpha value is -3.04. The van der Waals surface area contributed by atoms with E-state index in [4.69, 9.17) is 16.3 Å². The van der Waals surface area contributed by atoms with Crippen LogP contribution >= 0.6 is 23.4 Å². The van der Waals surface area contributed by atoms with Crippen LogP contribution in [-0.4, -0.2) is 50.0 Å². The average molecular weight is 457 g/mol. The maximum atomic E-state index is 12.3. The van der Waals surface area contributed by atoms with Crippen LogP contribution in [0, 0.1) is 0 Å². The molecule has 8 nitrogen and oxygen atoms in total. The van der Waals surface area contributed by atoms with Crippen molar-refractivity contribution >= 4 is 40.2 Å². The molecule has 2 heterocycles. The van der Waals surface area contributed by atoms with Gasteiger partial charge in [0.1, 0.15) is 11.4 Å². The van der Waals surface area contributed by atoms with Crippen molar-refractivity contribution in [3.63, 3.8) is 0 Å². The Kier molecular flexibility index (Phi) is 6.73. The van der Waals surface area contributed by atoms with Gasteiger partial charge in [-0.25, -0.2) is 0 Å². The number of thioether (sulfide) groups is 1. The van der Waals surface area contributed by atoms with E-state index in [1.807, 2.05) is 55.6 Å². The van der Waals surface area contributed by atoms with E-state index in [-0.39, 0.29) is 11.7 Å². The number of nitrogens with one attached hydrogen (secondary N) is 2. The number of fused-ring (bicyclic) bond motifs is 1. The van der Waals surface area contributed by atoms with Gasteiger partial charge in [0.25, 0.3) is 0 Å². The number of para-hydroxylation sites is 2. The number of carbonyl (C=O) groups is 1. The number of aromatic amines is 1. The van der Waals surface area contributed by atoms with Gasteiger partial charge < -0.3 is 15.0 Å². The quantitative estimate of drug-likeness (QED) is 0.373. The monoisotopic (exact) mass is 456 g/mol. The zero-order chi connectivity index (χ0) is 21.6. The highest BCUT2D eigenvalue weighted by Crippen LogP contribution is 2.26. The summed E-state index contributed by atoms with van der Waals surface area (Å²) >= 11 is 7.37. The highest BCUT2D eigenvalue weighted by atomic mass is 35.5. The van der Waals surface area contributed by atoms with E-state index in [1.165, 1.54) is 11.8 Å². The van der Waals surface area contributed by atoms with Crippen molar-refractivity contribution in [2.75, 3.05) is 18.9 Å². The van der Waals surface area contributed by atoms with Crippen molar-refractivity contribution in [1.29, 1.82) is 0 Å². The van der Waals surface area contributed by atoms with Gasteiger partial charge in [-0.05, 0) is 59.7 Å². The molecule has 0 unspecified atom stereocenters. The topological polar surface area (TPSA) is 97.7 Å². The molecular weight excluding hydrogens is 436 g/mol. The Labute approximate surface area is 188 Å². The van der Waals surface area contributed by atoms with E-state index in [1.54, 1.807) is 4.68 Å². The average Bonchev–Trinajstić information content (AvgIpc) is 3.40. The lowest BCUT2D eigenvalue weighted by molar-refractivity contribution is -0.118. The lowest BCUT2D eigenvalue weighted by atomic mass is 10.1. The fourth-order valence-electron chi connectivity index (χ4n) is 3.20. The third-order valence-corrected chi connectivity index (χ3v) is 5.77. The van der Waals surface area contributed by atoms with E-state index in [9.17, 15) is 4.79 Å². The first-order chi connectivity index (χ1) is 15.2. The van der Waals surface area contributed by atoms with Crippen LogP contribution in [0.4, 0.5) is 0 Å². The summed E-state index contributed by atoms with van der Waals surface area (Å²) < 4.78 is 7.23. The van der Waals surface area contributed by atoms with E-state index < -0.39 is 0 Å². The molecule has 0 fully saturated rings. The summed E-state index contributed by atoms with van der Waals surface area (Å²) in [5.74, 6) is 0.801. The molecule has 0 saturated heterocycles. The zero-order valence-electron chi connectivity index (χ0n) is 16.8. The van der Waals surface area contributed by atoms with Gasteiger partial charge in [-0.3, -0.25) is 4.79 Å². The number of H-pyrrole nitrogens is 1. The molecule has 0 aliphatic rings. The number of ether oxygens (including phenoxy) is 1. The molecular formula is C21H21ClN6O2S. The number of aromatic nitrogens is 5. The second-order valence-electron chi connectivity index (χ2n) is 6.67. The summed E-state index contributed by atoms with van der Waals surface area (Å²) in [5.41, 5.74) is 2.87. The minimum Gasteiger partial charge on any atom is -0.492 e. The molecule has 10 heteroatoms. The van der Waals surface area contributed by atoms with E-state index in [2.05, 4.69) is 25.8 Å². The molecule has 0 bridgehead atoms. The Morgan fingerprint density at radius 1 is 1.29 bits per heavy atom. The van der Waals surface area contributed by atoms with Gasteiger partial charge >= 0.3 is 0 Å². The highest BCUT2D eigenvalue weighted by molar-refractivity contribution is 7.99. The molecule has 31 heavy (non-hydrogen) atoms. The molecule has 2 N–H and O–H groups in total. The zero-order valence-corrected chi connectivity index (χ0v) is 18.4. The predicted molar refractivity (Wildman–Crippen MR) is 121 cm³/mol. The molecule has 0 saturated carbocycles. The van der Waals surface area contributed by atoms with Crippen LogP contribution in [0.2, 0.25) is 5.02 Å². The van der Waals surface area contributed by atoms with E-state index in [0.717, 1.165) is 22.2 Å². The summed E-state index contributed by atoms with van der Waals surface area (Å²) in [6, 6.07) is 13.2. The van der Waals surface area contributed by atoms with Crippen molar-refractivity contribution in [1.82, 2.24) is 30.5 Å². The summed E-state index contributed by atoms with van der Waals surface area (Å²) in [6.07, 6.45) is 2.65. The van der Waals surface area contributed by atoms with Crippen LogP contribution in [0.1, 0.15) is 12.5 Å². The lowest BCUT2D eigenvalue weighted by Gasteiger charge is -2.10. The molecule has 0 aliphatic heterocycles. The number of amides is 1. The Bertz CT molecular complexity index is 1190. The number of tetrazole rings is 1. The molecule has 0 atom stereocenters. The second kappa shape index (κ2) is 9.84. The highest BCUT2D eigenvalue weighted by Gasteiger charge is 2.15. The number of hydrogen-bond donors (Lipinski definition) is 2. The van der Waals surface area contributed by atoms with Crippen LogP contribution in [0.25, 0.3) is 16.6 Å². The molecule has 1 amide bonds. The number of rotatable bonds is 9. The largest absolute Gasteiger partial charge is 0.492 e. The van der Waals surface area contributed by atoms with Gasteiger partial charge in [-0.1, -0.05) is 35.5 Å². The van der Waals surface area contributed by atoms with Gasteiger partial charge in [-0.15, -0.1) is 5.10 Å². The van der Waals surface area contributed by atoms with Crippen LogP contribution in [0.5, 0.6) is 5.75 Å². The van der Waals surface area contributed by atoms with Gasteiger partial charge in [0.15, 0.2) is 0 Å². The number of carbonyl (C=O) groups excluding carboxylic acids is 1. The van der Waals surface area contributed by atoms with Crippen molar-refractivity contribution in [2.24, 2.45) is 0 Å². The fourth-order valence-corrected chi connectivity index (χ4v) is 4.09. The SMILES string of the molecule is CCOc1ccccc1-n1nnnc1SCC(=O)NCCc1c[nH]c2ccc(Cl)cc12. The van der Waals surface area contributed by atoms with Gasteiger partial charge in [0, 0.05) is 28.7 Å². The summed E-state index contributed by atoms with van der Waals surface area (Å²) in [4.78, 5) is 15.6. The summed E-state index contributed by atoms with van der Waals surface area (Å²) in [6.45, 7) is 2.98. The van der Waals surface area contributed by atoms with Crippen LogP contribution in [0.15, 0.2) is 53.8 Å². The van der Waals surface area contributed by atoms with Gasteiger partial charge in [0.2, 0.25) is 11.1 Å². The first-order valence-electron chi connectivity index (χ1n) is 9.81. The number of hydrogen-bond acceptors (Lipinski definition) is 6. The Balaban J connectivity index is 1.33. The number of benzene rings is 2. The molecule has 0 aliphatic carbocycles. The third-order valence-electron chi connectivity index (χ3n) is 4.61. The first kappa shape index (κ1) is 21.2. The molecule has 0 radical (unpaired) electrons. The molecule has 2 aromatic carbocycles. The molecule has 2 aromatic heterocycles. The number of halogens is 1. The summed E-state index contributed by atoms with van der Waals surface area (Å²) in [7, 11) is 0. The molecule has 4 aromatic rings. The van der Waals surface area contributed by atoms with Crippen molar-refractivity contribution < 1.29 is 9.53 Å². The maximum Gasteiger partial charge on any atom is 0.230 e. The third kappa shape index (κ3) is 5.00. The van der Waals surface area contributed by atoms with E-state index in [0.29, 0.717) is 35.5 Å². The van der Waals surface area contributed by atoms with Crippen molar-refractivity contribution in [3.05, 3.63) is 59.2 Å². The number of nitrogens with zero attached hydrogens (tertiary/aromatic N) is 4. The molecule has 160 valence electrons. The van der Waals surface area contributed by atoms with Crippen molar-refractivity contribution in [2.45, 2.75) is 18.5 Å². The summed E-state index contributed by atoms with van der Waals surface area (Å²) in [5, 5.41) is 17.1. The minimum absolute atomic E-state index is 0.0875. The van der Waals surface area contributed by atoms with Crippen molar-refractivity contribution in [3.8, 4) is 11.4 Å². The smallest absolute Gasteiger partial charge is 0.230 e. The molecule has 0 spiro atoms. The van der Waals surface area contributed by atoms with Gasteiger partial charge in [-0.2, -0.15) is 4.68 Å². The minimum atomic E-state index is -0.0875. The van der Waals surface area contributed by atoms with Crippen LogP contribution < -0.4 is 10.1 Å². The molecule has 4 rings (SSSR count). The lowest BCUT2D eigenvalue weighted by Crippen LogP contribution is -2.27. The second-order valence-corrected chi connectivity index (χ2v) is 8.05. The first-order valence-corrected chi connectivity index (χ1v) is 11.2. The van der Waals surface area contributed by atoms with E-state index >= 15 is 0 Å². The van der Waals surface area contributed by atoms with Crippen LogP contribution in [0.3, 0.4) is 0 Å². The van der Waals surface area contributed by atoms with Gasteiger partial charge in [0.05, 0.1) is 12.4 Å². The Morgan fingerprint density at radius 2 is 2.16 bits per heavy atom. The fraction of sp³-hybridized carbons (Fsp3) is 0.238. The standard InChI is InChI=1S/C21H21ClN6O2S/c1-2-30-19-6-4-3-5-18(19)28-21(25-26-27-28)31-13-20(29)23-10-9-14-12-24-17-8-7-15(22)11-16(14)17/h3-8,11-12,24H,2,9-10,13H2,1H3,(H,23,29). The maximum absolute atomic E-state index is 12.3. The normalized spacial score (nSPS) is 11.0. The van der Waals surface area contributed by atoms with Crippen LogP contribution in [-0.2, 0) is 11.2 Å². The Morgan fingerprint density at radius 3 is 3.03 bits per heavy atom.